The highest BCUT2D eigenvalue weighted by Crippen LogP contribution is 2.19. The lowest BCUT2D eigenvalue weighted by Crippen LogP contribution is -2.35. The van der Waals surface area contributed by atoms with Crippen LogP contribution >= 0.6 is 0 Å². The zero-order chi connectivity index (χ0) is 10.9. The number of ether oxygens (including phenoxy) is 3. The predicted octanol–water partition coefficient (Wildman–Crippen LogP) is 0.793. The maximum absolute atomic E-state index is 6.10. The molecule has 1 saturated heterocycles. The number of nitrogens with two attached hydrogens (primary N) is 1. The van der Waals surface area contributed by atoms with Crippen LogP contribution < -0.4 is 5.73 Å². The second-order valence-corrected chi connectivity index (χ2v) is 4.01. The highest BCUT2D eigenvalue weighted by molar-refractivity contribution is 4.75. The Morgan fingerprint density at radius 2 is 2.00 bits per heavy atom. The molecule has 4 heteroatoms. The second kappa shape index (κ2) is 8.05. The summed E-state index contributed by atoms with van der Waals surface area (Å²) in [4.78, 5) is 0. The summed E-state index contributed by atoms with van der Waals surface area (Å²) in [6.45, 7) is 3.79. The van der Waals surface area contributed by atoms with Gasteiger partial charge in [0, 0.05) is 33.0 Å². The average molecular weight is 217 g/mol. The van der Waals surface area contributed by atoms with Gasteiger partial charge in [-0.25, -0.2) is 0 Å². The second-order valence-electron chi connectivity index (χ2n) is 4.01. The van der Waals surface area contributed by atoms with Crippen LogP contribution in [0.15, 0.2) is 0 Å². The third kappa shape index (κ3) is 5.47. The first-order valence-electron chi connectivity index (χ1n) is 5.74. The molecule has 0 saturated carbocycles. The van der Waals surface area contributed by atoms with Crippen LogP contribution in [0.25, 0.3) is 0 Å². The summed E-state index contributed by atoms with van der Waals surface area (Å²) < 4.78 is 15.6. The first-order valence-corrected chi connectivity index (χ1v) is 5.74. The van der Waals surface area contributed by atoms with E-state index in [-0.39, 0.29) is 6.04 Å². The van der Waals surface area contributed by atoms with Crippen molar-refractivity contribution < 1.29 is 14.2 Å². The SMILES string of the molecule is COCCOCCC(N)C1CCOCC1. The lowest BCUT2D eigenvalue weighted by atomic mass is 9.91. The Morgan fingerprint density at radius 3 is 2.67 bits per heavy atom. The molecular formula is C11H23NO3. The van der Waals surface area contributed by atoms with E-state index in [0.29, 0.717) is 19.1 Å². The highest BCUT2D eigenvalue weighted by Gasteiger charge is 2.20. The normalized spacial score (nSPS) is 20.4. The summed E-state index contributed by atoms with van der Waals surface area (Å²) >= 11 is 0. The van der Waals surface area contributed by atoms with Crippen LogP contribution in [0.5, 0.6) is 0 Å². The van der Waals surface area contributed by atoms with E-state index in [0.717, 1.165) is 39.1 Å². The van der Waals surface area contributed by atoms with Crippen molar-refractivity contribution in [2.75, 3.05) is 40.1 Å². The molecule has 4 nitrogen and oxygen atoms in total. The Hall–Kier alpha value is -0.160. The van der Waals surface area contributed by atoms with Gasteiger partial charge >= 0.3 is 0 Å². The van der Waals surface area contributed by atoms with Gasteiger partial charge in [-0.2, -0.15) is 0 Å². The number of methoxy groups -OCH3 is 1. The van der Waals surface area contributed by atoms with E-state index in [1.54, 1.807) is 7.11 Å². The van der Waals surface area contributed by atoms with Gasteiger partial charge in [-0.1, -0.05) is 0 Å². The van der Waals surface area contributed by atoms with Crippen LogP contribution in [0.4, 0.5) is 0 Å². The molecule has 0 aliphatic carbocycles. The molecule has 0 spiro atoms. The minimum atomic E-state index is 0.261. The third-order valence-electron chi connectivity index (χ3n) is 2.90. The summed E-state index contributed by atoms with van der Waals surface area (Å²) in [5.74, 6) is 0.616. The lowest BCUT2D eigenvalue weighted by molar-refractivity contribution is 0.0429. The molecule has 1 aliphatic rings. The van der Waals surface area contributed by atoms with Gasteiger partial charge in [-0.05, 0) is 25.2 Å². The lowest BCUT2D eigenvalue weighted by Gasteiger charge is -2.27. The first-order chi connectivity index (χ1) is 7.34. The Balaban J connectivity index is 1.99. The molecule has 1 fully saturated rings. The molecule has 1 atom stereocenters. The van der Waals surface area contributed by atoms with Crippen molar-refractivity contribution in [3.8, 4) is 0 Å². The zero-order valence-electron chi connectivity index (χ0n) is 9.61. The highest BCUT2D eigenvalue weighted by atomic mass is 16.5. The summed E-state index contributed by atoms with van der Waals surface area (Å²) in [7, 11) is 1.68. The van der Waals surface area contributed by atoms with Gasteiger partial charge in [0.15, 0.2) is 0 Å². The average Bonchev–Trinajstić information content (AvgIpc) is 2.30. The maximum atomic E-state index is 6.10. The maximum Gasteiger partial charge on any atom is 0.0700 e. The summed E-state index contributed by atoms with van der Waals surface area (Å²) in [6.07, 6.45) is 3.13. The van der Waals surface area contributed by atoms with E-state index in [2.05, 4.69) is 0 Å². The van der Waals surface area contributed by atoms with Gasteiger partial charge < -0.3 is 19.9 Å². The topological polar surface area (TPSA) is 53.7 Å². The molecule has 2 N–H and O–H groups in total. The fourth-order valence-corrected chi connectivity index (χ4v) is 1.84. The fourth-order valence-electron chi connectivity index (χ4n) is 1.84. The van der Waals surface area contributed by atoms with Crippen LogP contribution in [-0.4, -0.2) is 46.2 Å². The van der Waals surface area contributed by atoms with Crippen molar-refractivity contribution in [3.05, 3.63) is 0 Å². The van der Waals surface area contributed by atoms with Crippen LogP contribution in [-0.2, 0) is 14.2 Å². The van der Waals surface area contributed by atoms with Gasteiger partial charge in [0.25, 0.3) is 0 Å². The Bertz CT molecular complexity index is 149. The van der Waals surface area contributed by atoms with E-state index >= 15 is 0 Å². The van der Waals surface area contributed by atoms with Crippen molar-refractivity contribution in [2.45, 2.75) is 25.3 Å². The molecule has 1 unspecified atom stereocenters. The van der Waals surface area contributed by atoms with Crippen molar-refractivity contribution >= 4 is 0 Å². The summed E-state index contributed by atoms with van der Waals surface area (Å²) in [6, 6.07) is 0.261. The molecule has 90 valence electrons. The van der Waals surface area contributed by atoms with E-state index in [4.69, 9.17) is 19.9 Å². The van der Waals surface area contributed by atoms with Crippen LogP contribution in [0.3, 0.4) is 0 Å². The monoisotopic (exact) mass is 217 g/mol. The molecular weight excluding hydrogens is 194 g/mol. The van der Waals surface area contributed by atoms with Gasteiger partial charge in [0.2, 0.25) is 0 Å². The number of hydrogen-bond acceptors (Lipinski definition) is 4. The molecule has 0 bridgehead atoms. The largest absolute Gasteiger partial charge is 0.382 e. The Kier molecular flexibility index (Phi) is 6.92. The minimum Gasteiger partial charge on any atom is -0.382 e. The molecule has 1 rings (SSSR count). The molecule has 15 heavy (non-hydrogen) atoms. The molecule has 0 aromatic carbocycles. The van der Waals surface area contributed by atoms with Crippen molar-refractivity contribution in [1.82, 2.24) is 0 Å². The Labute approximate surface area is 92.1 Å². The standard InChI is InChI=1S/C11H23NO3/c1-13-8-9-15-7-4-11(12)10-2-5-14-6-3-10/h10-11H,2-9,12H2,1H3. The van der Waals surface area contributed by atoms with Crippen molar-refractivity contribution in [1.29, 1.82) is 0 Å². The number of rotatable bonds is 7. The minimum absolute atomic E-state index is 0.261. The van der Waals surface area contributed by atoms with E-state index in [1.165, 1.54) is 0 Å². The summed E-state index contributed by atoms with van der Waals surface area (Å²) in [5, 5.41) is 0. The van der Waals surface area contributed by atoms with E-state index in [9.17, 15) is 0 Å². The van der Waals surface area contributed by atoms with Gasteiger partial charge in [0.05, 0.1) is 13.2 Å². The van der Waals surface area contributed by atoms with E-state index in [1.807, 2.05) is 0 Å². The first kappa shape index (κ1) is 12.9. The molecule has 0 radical (unpaired) electrons. The van der Waals surface area contributed by atoms with Crippen LogP contribution in [0.2, 0.25) is 0 Å². The van der Waals surface area contributed by atoms with Gasteiger partial charge in [-0.15, -0.1) is 0 Å². The summed E-state index contributed by atoms with van der Waals surface area (Å²) in [5.41, 5.74) is 6.10. The Morgan fingerprint density at radius 1 is 1.27 bits per heavy atom. The molecule has 0 aromatic rings. The molecule has 1 aliphatic heterocycles. The van der Waals surface area contributed by atoms with Crippen molar-refractivity contribution in [3.63, 3.8) is 0 Å². The van der Waals surface area contributed by atoms with Crippen LogP contribution in [0.1, 0.15) is 19.3 Å². The zero-order valence-corrected chi connectivity index (χ0v) is 9.61. The smallest absolute Gasteiger partial charge is 0.0700 e. The van der Waals surface area contributed by atoms with Gasteiger partial charge in [0.1, 0.15) is 0 Å². The van der Waals surface area contributed by atoms with E-state index < -0.39 is 0 Å². The van der Waals surface area contributed by atoms with Crippen molar-refractivity contribution in [2.24, 2.45) is 11.7 Å². The molecule has 1 heterocycles. The molecule has 0 amide bonds. The third-order valence-corrected chi connectivity index (χ3v) is 2.90. The quantitative estimate of drug-likeness (QED) is 0.641. The predicted molar refractivity (Wildman–Crippen MR) is 58.8 cm³/mol. The fraction of sp³-hybridized carbons (Fsp3) is 1.00. The molecule has 0 aromatic heterocycles. The van der Waals surface area contributed by atoms with Crippen LogP contribution in [0, 0.1) is 5.92 Å². The number of hydrogen-bond donors (Lipinski definition) is 1. The van der Waals surface area contributed by atoms with Gasteiger partial charge in [-0.3, -0.25) is 0 Å².